The lowest BCUT2D eigenvalue weighted by Crippen LogP contribution is -2.48. The van der Waals surface area contributed by atoms with Crippen LogP contribution in [0.3, 0.4) is 0 Å². The minimum Gasteiger partial charge on any atom is -0.354 e. The van der Waals surface area contributed by atoms with E-state index in [1.54, 1.807) is 6.92 Å². The second-order valence-corrected chi connectivity index (χ2v) is 6.76. The molecule has 1 atom stereocenters. The Balaban J connectivity index is 1.99. The molecule has 110 valence electrons. The van der Waals surface area contributed by atoms with E-state index in [2.05, 4.69) is 5.32 Å². The van der Waals surface area contributed by atoms with Gasteiger partial charge in [-0.15, -0.1) is 0 Å². The Kier molecular flexibility index (Phi) is 5.26. The Morgan fingerprint density at radius 1 is 1.16 bits per heavy atom. The van der Waals surface area contributed by atoms with Crippen LogP contribution >= 0.6 is 0 Å². The van der Waals surface area contributed by atoms with Crippen molar-refractivity contribution in [2.45, 2.75) is 77.2 Å². The average Bonchev–Trinajstić information content (AvgIpc) is 2.46. The highest BCUT2D eigenvalue weighted by atomic mass is 16.2. The summed E-state index contributed by atoms with van der Waals surface area (Å²) >= 11 is 0. The third kappa shape index (κ3) is 3.71. The molecule has 0 aromatic rings. The molecule has 1 unspecified atom stereocenters. The molecule has 2 aliphatic carbocycles. The van der Waals surface area contributed by atoms with Crippen molar-refractivity contribution >= 4 is 5.91 Å². The van der Waals surface area contributed by atoms with E-state index in [0.29, 0.717) is 5.41 Å². The Bertz CT molecular complexity index is 289. The summed E-state index contributed by atoms with van der Waals surface area (Å²) in [6.45, 7) is 2.63. The van der Waals surface area contributed by atoms with Crippen LogP contribution in [0, 0.1) is 11.3 Å². The van der Waals surface area contributed by atoms with Gasteiger partial charge in [-0.2, -0.15) is 0 Å². The van der Waals surface area contributed by atoms with Gasteiger partial charge in [0.15, 0.2) is 0 Å². The molecule has 1 amide bonds. The molecule has 2 fully saturated rings. The second kappa shape index (κ2) is 6.74. The van der Waals surface area contributed by atoms with Crippen LogP contribution in [0.2, 0.25) is 0 Å². The van der Waals surface area contributed by atoms with Crippen LogP contribution in [0.25, 0.3) is 0 Å². The van der Waals surface area contributed by atoms with Gasteiger partial charge in [0.25, 0.3) is 0 Å². The van der Waals surface area contributed by atoms with E-state index in [4.69, 9.17) is 5.73 Å². The molecule has 19 heavy (non-hydrogen) atoms. The van der Waals surface area contributed by atoms with Crippen LogP contribution in [0.15, 0.2) is 0 Å². The number of nitrogens with one attached hydrogen (secondary N) is 1. The van der Waals surface area contributed by atoms with Gasteiger partial charge in [-0.3, -0.25) is 4.79 Å². The minimum absolute atomic E-state index is 0.0146. The molecule has 2 rings (SSSR count). The first-order chi connectivity index (χ1) is 9.14. The Morgan fingerprint density at radius 2 is 1.74 bits per heavy atom. The molecule has 2 saturated carbocycles. The summed E-state index contributed by atoms with van der Waals surface area (Å²) in [7, 11) is 0. The van der Waals surface area contributed by atoms with E-state index < -0.39 is 0 Å². The summed E-state index contributed by atoms with van der Waals surface area (Å²) in [5.41, 5.74) is 6.04. The molecule has 2 aliphatic rings. The van der Waals surface area contributed by atoms with Gasteiger partial charge in [-0.25, -0.2) is 0 Å². The lowest BCUT2D eigenvalue weighted by molar-refractivity contribution is -0.123. The fourth-order valence-corrected chi connectivity index (χ4v) is 4.12. The number of hydrogen-bond acceptors (Lipinski definition) is 2. The van der Waals surface area contributed by atoms with E-state index >= 15 is 0 Å². The highest BCUT2D eigenvalue weighted by Gasteiger charge is 2.40. The van der Waals surface area contributed by atoms with Gasteiger partial charge < -0.3 is 11.1 Å². The maximum absolute atomic E-state index is 11.8. The lowest BCUT2D eigenvalue weighted by atomic mass is 9.61. The van der Waals surface area contributed by atoms with Crippen LogP contribution in [0.4, 0.5) is 0 Å². The predicted octanol–water partition coefficient (Wildman–Crippen LogP) is 2.98. The van der Waals surface area contributed by atoms with Crippen LogP contribution in [-0.2, 0) is 4.79 Å². The van der Waals surface area contributed by atoms with Crippen molar-refractivity contribution < 1.29 is 4.79 Å². The van der Waals surface area contributed by atoms with Crippen molar-refractivity contribution in [1.82, 2.24) is 5.32 Å². The number of amides is 1. The van der Waals surface area contributed by atoms with Crippen molar-refractivity contribution in [3.05, 3.63) is 0 Å². The normalized spacial score (nSPS) is 25.8. The average molecular weight is 266 g/mol. The third-order valence-electron chi connectivity index (χ3n) is 5.35. The second-order valence-electron chi connectivity index (χ2n) is 6.76. The summed E-state index contributed by atoms with van der Waals surface area (Å²) < 4.78 is 0. The molecule has 0 radical (unpaired) electrons. The molecule has 0 aromatic carbocycles. The molecular formula is C16H30N2O. The Hall–Kier alpha value is -0.570. The van der Waals surface area contributed by atoms with Gasteiger partial charge in [0.2, 0.25) is 5.91 Å². The molecule has 0 bridgehead atoms. The standard InChI is InChI=1S/C16H30N2O/c1-13(17)15(19)18-12-16(10-6-3-7-11-16)14-8-4-2-5-9-14/h13-14H,2-12,17H2,1H3,(H,18,19). The smallest absolute Gasteiger partial charge is 0.236 e. The van der Waals surface area contributed by atoms with E-state index in [0.717, 1.165) is 12.5 Å². The monoisotopic (exact) mass is 266 g/mol. The topological polar surface area (TPSA) is 55.1 Å². The summed E-state index contributed by atoms with van der Waals surface area (Å²) in [5, 5.41) is 3.13. The van der Waals surface area contributed by atoms with Gasteiger partial charge in [0, 0.05) is 6.54 Å². The van der Waals surface area contributed by atoms with E-state index in [-0.39, 0.29) is 11.9 Å². The predicted molar refractivity (Wildman–Crippen MR) is 78.8 cm³/mol. The summed E-state index contributed by atoms with van der Waals surface area (Å²) in [6.07, 6.45) is 13.6. The van der Waals surface area contributed by atoms with Crippen LogP contribution in [0.1, 0.15) is 71.1 Å². The number of hydrogen-bond donors (Lipinski definition) is 2. The molecule has 0 spiro atoms. The summed E-state index contributed by atoms with van der Waals surface area (Å²) in [4.78, 5) is 11.8. The van der Waals surface area contributed by atoms with E-state index in [1.165, 1.54) is 64.2 Å². The van der Waals surface area contributed by atoms with Gasteiger partial charge in [0.1, 0.15) is 0 Å². The number of rotatable bonds is 4. The minimum atomic E-state index is -0.382. The van der Waals surface area contributed by atoms with Crippen LogP contribution in [-0.4, -0.2) is 18.5 Å². The fourth-order valence-electron chi connectivity index (χ4n) is 4.12. The first kappa shape index (κ1) is 14.8. The van der Waals surface area contributed by atoms with Crippen molar-refractivity contribution in [2.24, 2.45) is 17.1 Å². The molecule has 0 aliphatic heterocycles. The van der Waals surface area contributed by atoms with E-state index in [1.807, 2.05) is 0 Å². The maximum Gasteiger partial charge on any atom is 0.236 e. The summed E-state index contributed by atoms with van der Waals surface area (Å²) in [6, 6.07) is -0.382. The number of carbonyl (C=O) groups is 1. The first-order valence-corrected chi connectivity index (χ1v) is 8.17. The van der Waals surface area contributed by atoms with E-state index in [9.17, 15) is 4.79 Å². The quantitative estimate of drug-likeness (QED) is 0.822. The zero-order valence-corrected chi connectivity index (χ0v) is 12.4. The molecule has 0 saturated heterocycles. The Morgan fingerprint density at radius 3 is 2.32 bits per heavy atom. The van der Waals surface area contributed by atoms with Gasteiger partial charge in [-0.05, 0) is 43.9 Å². The molecule has 3 N–H and O–H groups in total. The van der Waals surface area contributed by atoms with Gasteiger partial charge in [0.05, 0.1) is 6.04 Å². The molecule has 3 heteroatoms. The maximum atomic E-state index is 11.8. The van der Waals surface area contributed by atoms with Crippen LogP contribution in [0.5, 0.6) is 0 Å². The van der Waals surface area contributed by atoms with Crippen molar-refractivity contribution in [2.75, 3.05) is 6.54 Å². The van der Waals surface area contributed by atoms with Gasteiger partial charge >= 0.3 is 0 Å². The highest BCUT2D eigenvalue weighted by Crippen LogP contribution is 2.47. The van der Waals surface area contributed by atoms with Crippen LogP contribution < -0.4 is 11.1 Å². The SMILES string of the molecule is CC(N)C(=O)NCC1(C2CCCCC2)CCCCC1. The zero-order valence-electron chi connectivity index (χ0n) is 12.4. The number of carbonyl (C=O) groups excluding carboxylic acids is 1. The van der Waals surface area contributed by atoms with Crippen molar-refractivity contribution in [3.63, 3.8) is 0 Å². The third-order valence-corrected chi connectivity index (χ3v) is 5.35. The largest absolute Gasteiger partial charge is 0.354 e. The summed E-state index contributed by atoms with van der Waals surface area (Å²) in [5.74, 6) is 0.843. The molecular weight excluding hydrogens is 236 g/mol. The Labute approximate surface area is 117 Å². The lowest BCUT2D eigenvalue weighted by Gasteiger charge is -2.45. The molecule has 0 aromatic heterocycles. The molecule has 0 heterocycles. The fraction of sp³-hybridized carbons (Fsp3) is 0.938. The molecule has 3 nitrogen and oxygen atoms in total. The zero-order chi connectivity index (χ0) is 13.7. The van der Waals surface area contributed by atoms with Crippen molar-refractivity contribution in [3.8, 4) is 0 Å². The number of nitrogens with two attached hydrogens (primary N) is 1. The first-order valence-electron chi connectivity index (χ1n) is 8.17. The van der Waals surface area contributed by atoms with Gasteiger partial charge in [-0.1, -0.05) is 38.5 Å². The van der Waals surface area contributed by atoms with Crippen molar-refractivity contribution in [1.29, 1.82) is 0 Å². The highest BCUT2D eigenvalue weighted by molar-refractivity contribution is 5.80.